The lowest BCUT2D eigenvalue weighted by Crippen LogP contribution is -2.45. The smallest absolute Gasteiger partial charge is 0.129 e. The van der Waals surface area contributed by atoms with E-state index in [-0.39, 0.29) is 11.4 Å². The highest BCUT2D eigenvalue weighted by Gasteiger charge is 2.34. The summed E-state index contributed by atoms with van der Waals surface area (Å²) in [7, 11) is 2.06. The lowest BCUT2D eigenvalue weighted by atomic mass is 9.80. The summed E-state index contributed by atoms with van der Waals surface area (Å²) in [6.45, 7) is 10.2. The van der Waals surface area contributed by atoms with Gasteiger partial charge in [0.2, 0.25) is 0 Å². The van der Waals surface area contributed by atoms with Crippen LogP contribution in [-0.4, -0.2) is 19.1 Å². The van der Waals surface area contributed by atoms with Gasteiger partial charge in [-0.25, -0.2) is 4.39 Å². The minimum absolute atomic E-state index is 0.0854. The normalized spacial score (nSPS) is 21.4. The van der Waals surface area contributed by atoms with Crippen LogP contribution in [0.25, 0.3) is 0 Å². The predicted octanol–water partition coefficient (Wildman–Crippen LogP) is 3.66. The highest BCUT2D eigenvalue weighted by Crippen LogP contribution is 2.43. The van der Waals surface area contributed by atoms with E-state index in [0.29, 0.717) is 12.5 Å². The number of fused-ring (bicyclic) bond motifs is 1. The van der Waals surface area contributed by atoms with Crippen LogP contribution < -0.4 is 10.2 Å². The van der Waals surface area contributed by atoms with Gasteiger partial charge in [0.25, 0.3) is 0 Å². The van der Waals surface area contributed by atoms with E-state index in [2.05, 4.69) is 38.0 Å². The molecule has 0 spiro atoms. The number of hydrogen-bond acceptors (Lipinski definition) is 2. The van der Waals surface area contributed by atoms with Gasteiger partial charge in [-0.3, -0.25) is 0 Å². The van der Waals surface area contributed by atoms with Crippen LogP contribution >= 0.6 is 0 Å². The summed E-state index contributed by atoms with van der Waals surface area (Å²) in [5, 5.41) is 3.20. The summed E-state index contributed by atoms with van der Waals surface area (Å²) in [5.74, 6) is 0.374. The van der Waals surface area contributed by atoms with Gasteiger partial charge >= 0.3 is 0 Å². The van der Waals surface area contributed by atoms with Crippen LogP contribution in [0.3, 0.4) is 0 Å². The van der Waals surface area contributed by atoms with Crippen LogP contribution in [0.4, 0.5) is 10.1 Å². The monoisotopic (exact) mass is 264 g/mol. The molecule has 1 heterocycles. The Balaban J connectivity index is 2.43. The second kappa shape index (κ2) is 5.12. The molecule has 0 bridgehead atoms. The summed E-state index contributed by atoms with van der Waals surface area (Å²) in [5.41, 5.74) is 3.18. The molecule has 0 amide bonds. The first-order chi connectivity index (χ1) is 8.86. The molecule has 1 aromatic carbocycles. The molecule has 0 fully saturated rings. The average molecular weight is 264 g/mol. The molecule has 0 saturated heterocycles. The number of nitrogens with one attached hydrogen (secondary N) is 1. The third-order valence-corrected chi connectivity index (χ3v) is 4.37. The van der Waals surface area contributed by atoms with Crippen LogP contribution in [-0.2, 0) is 6.54 Å². The van der Waals surface area contributed by atoms with Gasteiger partial charge in [-0.15, -0.1) is 0 Å². The molecule has 1 N–H and O–H groups in total. The molecule has 2 nitrogen and oxygen atoms in total. The first kappa shape index (κ1) is 14.3. The summed E-state index contributed by atoms with van der Waals surface area (Å²) < 4.78 is 14.2. The van der Waals surface area contributed by atoms with Crippen molar-refractivity contribution in [2.45, 2.75) is 52.1 Å². The van der Waals surface area contributed by atoms with E-state index >= 15 is 0 Å². The van der Waals surface area contributed by atoms with Crippen LogP contribution in [0.15, 0.2) is 12.1 Å². The molecule has 0 aromatic heterocycles. The van der Waals surface area contributed by atoms with E-state index in [9.17, 15) is 4.39 Å². The lowest BCUT2D eigenvalue weighted by molar-refractivity contribution is 0.393. The Morgan fingerprint density at radius 3 is 2.74 bits per heavy atom. The minimum atomic E-state index is -0.101. The Morgan fingerprint density at radius 2 is 2.11 bits per heavy atom. The topological polar surface area (TPSA) is 15.3 Å². The number of halogens is 1. The molecule has 0 aliphatic carbocycles. The lowest BCUT2D eigenvalue weighted by Gasteiger charge is -2.45. The standard InChI is InChI=1S/C16H25FN2/c1-6-18-10-12-7-13-11(2)9-16(3,4)19(5)15(13)8-14(12)17/h7-8,11,18H,6,9-10H2,1-5H3. The van der Waals surface area contributed by atoms with Crippen molar-refractivity contribution in [2.24, 2.45) is 0 Å². The van der Waals surface area contributed by atoms with Crippen LogP contribution in [0, 0.1) is 5.82 Å². The summed E-state index contributed by atoms with van der Waals surface area (Å²) >= 11 is 0. The zero-order chi connectivity index (χ0) is 14.2. The number of benzene rings is 1. The fraction of sp³-hybridized carbons (Fsp3) is 0.625. The van der Waals surface area contributed by atoms with Crippen molar-refractivity contribution in [3.8, 4) is 0 Å². The van der Waals surface area contributed by atoms with Gasteiger partial charge in [0.1, 0.15) is 5.82 Å². The zero-order valence-corrected chi connectivity index (χ0v) is 12.7. The molecule has 1 aromatic rings. The van der Waals surface area contributed by atoms with E-state index in [0.717, 1.165) is 24.2 Å². The Bertz CT molecular complexity index is 468. The van der Waals surface area contributed by atoms with Gasteiger partial charge in [0.15, 0.2) is 0 Å². The van der Waals surface area contributed by atoms with Crippen molar-refractivity contribution in [3.05, 3.63) is 29.1 Å². The van der Waals surface area contributed by atoms with E-state index in [1.807, 2.05) is 13.0 Å². The molecule has 3 heteroatoms. The van der Waals surface area contributed by atoms with Crippen molar-refractivity contribution >= 4 is 5.69 Å². The highest BCUT2D eigenvalue weighted by molar-refractivity contribution is 5.60. The third kappa shape index (κ3) is 2.62. The van der Waals surface area contributed by atoms with Crippen LogP contribution in [0.1, 0.15) is 51.2 Å². The van der Waals surface area contributed by atoms with Crippen LogP contribution in [0.2, 0.25) is 0 Å². The van der Waals surface area contributed by atoms with E-state index in [1.165, 1.54) is 5.56 Å². The number of anilines is 1. The van der Waals surface area contributed by atoms with Gasteiger partial charge in [0, 0.05) is 30.4 Å². The maximum atomic E-state index is 14.2. The van der Waals surface area contributed by atoms with Crippen molar-refractivity contribution < 1.29 is 4.39 Å². The second-order valence-corrected chi connectivity index (χ2v) is 6.26. The van der Waals surface area contributed by atoms with Crippen molar-refractivity contribution in [3.63, 3.8) is 0 Å². The van der Waals surface area contributed by atoms with Crippen molar-refractivity contribution in [1.82, 2.24) is 5.32 Å². The molecule has 0 radical (unpaired) electrons. The number of hydrogen-bond donors (Lipinski definition) is 1. The minimum Gasteiger partial charge on any atom is -0.369 e. The fourth-order valence-electron chi connectivity index (χ4n) is 3.03. The van der Waals surface area contributed by atoms with Crippen molar-refractivity contribution in [1.29, 1.82) is 0 Å². The number of nitrogens with zero attached hydrogens (tertiary/aromatic N) is 1. The molecule has 1 aliphatic rings. The van der Waals surface area contributed by atoms with E-state index in [4.69, 9.17) is 0 Å². The molecule has 19 heavy (non-hydrogen) atoms. The molecular formula is C16H25FN2. The fourth-order valence-corrected chi connectivity index (χ4v) is 3.03. The molecular weight excluding hydrogens is 239 g/mol. The van der Waals surface area contributed by atoms with E-state index in [1.54, 1.807) is 6.07 Å². The first-order valence-corrected chi connectivity index (χ1v) is 7.13. The summed E-state index contributed by atoms with van der Waals surface area (Å²) in [6, 6.07) is 3.75. The molecule has 106 valence electrons. The summed E-state index contributed by atoms with van der Waals surface area (Å²) in [6.07, 6.45) is 1.10. The number of rotatable bonds is 3. The summed E-state index contributed by atoms with van der Waals surface area (Å²) in [4.78, 5) is 2.21. The molecule has 2 rings (SSSR count). The van der Waals surface area contributed by atoms with Gasteiger partial charge in [0.05, 0.1) is 0 Å². The first-order valence-electron chi connectivity index (χ1n) is 7.13. The third-order valence-electron chi connectivity index (χ3n) is 4.37. The zero-order valence-electron chi connectivity index (χ0n) is 12.7. The van der Waals surface area contributed by atoms with Gasteiger partial charge in [-0.1, -0.05) is 13.8 Å². The Kier molecular flexibility index (Phi) is 3.86. The SMILES string of the molecule is CCNCc1cc2c(cc1F)N(C)C(C)(C)CC2C. The Morgan fingerprint density at radius 1 is 1.42 bits per heavy atom. The van der Waals surface area contributed by atoms with Gasteiger partial charge in [-0.05, 0) is 50.4 Å². The average Bonchev–Trinajstić information content (AvgIpc) is 2.34. The Hall–Kier alpha value is -1.09. The Labute approximate surface area is 116 Å². The second-order valence-electron chi connectivity index (χ2n) is 6.26. The predicted molar refractivity (Wildman–Crippen MR) is 79.3 cm³/mol. The largest absolute Gasteiger partial charge is 0.369 e. The van der Waals surface area contributed by atoms with Crippen LogP contribution in [0.5, 0.6) is 0 Å². The van der Waals surface area contributed by atoms with E-state index < -0.39 is 0 Å². The highest BCUT2D eigenvalue weighted by atomic mass is 19.1. The maximum Gasteiger partial charge on any atom is 0.129 e. The maximum absolute atomic E-state index is 14.2. The van der Waals surface area contributed by atoms with Crippen molar-refractivity contribution in [2.75, 3.05) is 18.5 Å². The molecule has 0 saturated carbocycles. The molecule has 1 atom stereocenters. The quantitative estimate of drug-likeness (QED) is 0.896. The molecule has 1 aliphatic heterocycles. The molecule has 1 unspecified atom stereocenters. The van der Waals surface area contributed by atoms with Gasteiger partial charge in [-0.2, -0.15) is 0 Å². The van der Waals surface area contributed by atoms with Gasteiger partial charge < -0.3 is 10.2 Å².